The second kappa shape index (κ2) is 4.96. The van der Waals surface area contributed by atoms with E-state index in [1.165, 1.54) is 6.42 Å². The Morgan fingerprint density at radius 2 is 1.59 bits per heavy atom. The van der Waals surface area contributed by atoms with Crippen molar-refractivity contribution in [2.24, 2.45) is 29.1 Å². The van der Waals surface area contributed by atoms with Crippen LogP contribution in [0.15, 0.2) is 0 Å². The van der Waals surface area contributed by atoms with E-state index >= 15 is 0 Å². The maximum atomic E-state index is 13.0. The Kier molecular flexibility index (Phi) is 3.67. The Hall–Kier alpha value is -0.570. The first-order chi connectivity index (χ1) is 10.1. The summed E-state index contributed by atoms with van der Waals surface area (Å²) in [4.78, 5) is 13.0. The molecule has 4 aliphatic carbocycles. The third-order valence-electron chi connectivity index (χ3n) is 7.12. The highest BCUT2D eigenvalue weighted by Crippen LogP contribution is 2.59. The highest BCUT2D eigenvalue weighted by Gasteiger charge is 2.60. The molecule has 0 aromatic rings. The van der Waals surface area contributed by atoms with Gasteiger partial charge in [0.1, 0.15) is 5.60 Å². The van der Waals surface area contributed by atoms with Crippen molar-refractivity contribution < 1.29 is 14.6 Å². The van der Waals surface area contributed by atoms with Crippen LogP contribution in [-0.2, 0) is 9.53 Å². The second-order valence-electron chi connectivity index (χ2n) is 9.35. The molecule has 126 valence electrons. The molecule has 3 nitrogen and oxygen atoms in total. The monoisotopic (exact) mass is 308 g/mol. The normalized spacial score (nSPS) is 40.5. The molecule has 0 amide bonds. The molecule has 4 rings (SSSR count). The van der Waals surface area contributed by atoms with Crippen molar-refractivity contribution in [2.75, 3.05) is 0 Å². The van der Waals surface area contributed by atoms with Crippen molar-refractivity contribution >= 4 is 5.97 Å². The van der Waals surface area contributed by atoms with Gasteiger partial charge in [-0.1, -0.05) is 27.7 Å². The molecule has 2 atom stereocenters. The van der Waals surface area contributed by atoms with Gasteiger partial charge in [0.05, 0.1) is 11.0 Å². The van der Waals surface area contributed by atoms with Crippen molar-refractivity contribution in [3.63, 3.8) is 0 Å². The van der Waals surface area contributed by atoms with E-state index < -0.39 is 11.0 Å². The molecule has 0 aromatic carbocycles. The van der Waals surface area contributed by atoms with Crippen LogP contribution in [0.3, 0.4) is 0 Å². The van der Waals surface area contributed by atoms with Gasteiger partial charge in [-0.3, -0.25) is 4.79 Å². The summed E-state index contributed by atoms with van der Waals surface area (Å²) >= 11 is 0. The van der Waals surface area contributed by atoms with Gasteiger partial charge in [0.2, 0.25) is 0 Å². The molecule has 0 heterocycles. The van der Waals surface area contributed by atoms with Crippen molar-refractivity contribution in [3.8, 4) is 0 Å². The van der Waals surface area contributed by atoms with Gasteiger partial charge in [0.25, 0.3) is 0 Å². The van der Waals surface area contributed by atoms with E-state index in [1.54, 1.807) is 0 Å². The molecule has 0 spiro atoms. The molecule has 0 aromatic heterocycles. The SMILES string of the molecule is CC(C)C(C)(C(=O)OC12CC3CC(CC(O)(C3)C1)C2)C(C)C. The van der Waals surface area contributed by atoms with E-state index in [-0.39, 0.29) is 23.4 Å². The third-order valence-corrected chi connectivity index (χ3v) is 7.12. The van der Waals surface area contributed by atoms with Crippen LogP contribution < -0.4 is 0 Å². The number of carbonyl (C=O) groups excluding carboxylic acids is 1. The van der Waals surface area contributed by atoms with Gasteiger partial charge in [-0.25, -0.2) is 0 Å². The smallest absolute Gasteiger partial charge is 0.312 e. The highest BCUT2D eigenvalue weighted by atomic mass is 16.6. The second-order valence-corrected chi connectivity index (χ2v) is 9.35. The minimum Gasteiger partial charge on any atom is -0.459 e. The van der Waals surface area contributed by atoms with Crippen molar-refractivity contribution in [1.29, 1.82) is 0 Å². The highest BCUT2D eigenvalue weighted by molar-refractivity contribution is 5.77. The number of rotatable bonds is 4. The van der Waals surface area contributed by atoms with E-state index in [0.717, 1.165) is 25.7 Å². The summed E-state index contributed by atoms with van der Waals surface area (Å²) in [6.45, 7) is 10.5. The summed E-state index contributed by atoms with van der Waals surface area (Å²) in [7, 11) is 0. The molecule has 22 heavy (non-hydrogen) atoms. The summed E-state index contributed by atoms with van der Waals surface area (Å²) in [5.74, 6) is 1.53. The molecule has 4 bridgehead atoms. The zero-order valence-corrected chi connectivity index (χ0v) is 14.8. The fourth-order valence-electron chi connectivity index (χ4n) is 5.70. The topological polar surface area (TPSA) is 46.5 Å². The Bertz CT molecular complexity index is 443. The van der Waals surface area contributed by atoms with E-state index in [2.05, 4.69) is 27.7 Å². The predicted molar refractivity (Wildman–Crippen MR) is 86.2 cm³/mol. The number of esters is 1. The summed E-state index contributed by atoms with van der Waals surface area (Å²) in [6, 6.07) is 0. The van der Waals surface area contributed by atoms with Crippen LogP contribution in [-0.4, -0.2) is 22.3 Å². The predicted octanol–water partition coefficient (Wildman–Crippen LogP) is 3.93. The number of ether oxygens (including phenoxy) is 1. The van der Waals surface area contributed by atoms with Crippen LogP contribution in [0.4, 0.5) is 0 Å². The van der Waals surface area contributed by atoms with Gasteiger partial charge in [0, 0.05) is 6.42 Å². The molecule has 3 heteroatoms. The minimum absolute atomic E-state index is 0.0527. The quantitative estimate of drug-likeness (QED) is 0.800. The first kappa shape index (κ1) is 16.3. The Morgan fingerprint density at radius 3 is 2.00 bits per heavy atom. The standard InChI is InChI=1S/C19H32O3/c1-12(2)17(5,13(3)4)16(20)22-19-9-14-6-15(10-19)8-18(21,7-14)11-19/h12-15,21H,6-11H2,1-5H3. The first-order valence-corrected chi connectivity index (χ1v) is 9.04. The van der Waals surface area contributed by atoms with Gasteiger partial charge in [-0.05, 0) is 62.7 Å². The molecular weight excluding hydrogens is 276 g/mol. The molecule has 4 fully saturated rings. The van der Waals surface area contributed by atoms with Gasteiger partial charge in [-0.15, -0.1) is 0 Å². The average molecular weight is 308 g/mol. The lowest BCUT2D eigenvalue weighted by molar-refractivity contribution is -0.228. The van der Waals surface area contributed by atoms with Gasteiger partial charge < -0.3 is 9.84 Å². The summed E-state index contributed by atoms with van der Waals surface area (Å²) < 4.78 is 6.20. The number of carbonyl (C=O) groups is 1. The molecule has 0 aliphatic heterocycles. The fourth-order valence-corrected chi connectivity index (χ4v) is 5.70. The maximum Gasteiger partial charge on any atom is 0.312 e. The molecule has 0 saturated heterocycles. The maximum absolute atomic E-state index is 13.0. The van der Waals surface area contributed by atoms with E-state index in [9.17, 15) is 9.90 Å². The third kappa shape index (κ3) is 2.40. The van der Waals surface area contributed by atoms with Crippen molar-refractivity contribution in [1.82, 2.24) is 0 Å². The number of aliphatic hydroxyl groups is 1. The van der Waals surface area contributed by atoms with Crippen molar-refractivity contribution in [2.45, 2.75) is 84.3 Å². The Morgan fingerprint density at radius 1 is 1.09 bits per heavy atom. The average Bonchev–Trinajstić information content (AvgIpc) is 2.33. The van der Waals surface area contributed by atoms with E-state index in [4.69, 9.17) is 4.74 Å². The lowest BCUT2D eigenvalue weighted by atomic mass is 9.52. The van der Waals surface area contributed by atoms with Crippen LogP contribution in [0.1, 0.15) is 73.1 Å². The van der Waals surface area contributed by atoms with Crippen molar-refractivity contribution in [3.05, 3.63) is 0 Å². The van der Waals surface area contributed by atoms with Gasteiger partial charge in [0.15, 0.2) is 0 Å². The molecule has 2 unspecified atom stereocenters. The molecule has 4 saturated carbocycles. The summed E-state index contributed by atoms with van der Waals surface area (Å²) in [6.07, 6.45) is 5.62. The van der Waals surface area contributed by atoms with Crippen LogP contribution >= 0.6 is 0 Å². The van der Waals surface area contributed by atoms with Crippen LogP contribution in [0.5, 0.6) is 0 Å². The zero-order valence-electron chi connectivity index (χ0n) is 14.8. The van der Waals surface area contributed by atoms with Crippen LogP contribution in [0.2, 0.25) is 0 Å². The number of hydrogen-bond acceptors (Lipinski definition) is 3. The van der Waals surface area contributed by atoms with Crippen LogP contribution in [0.25, 0.3) is 0 Å². The Labute approximate surface area is 134 Å². The van der Waals surface area contributed by atoms with Gasteiger partial charge >= 0.3 is 5.97 Å². The summed E-state index contributed by atoms with van der Waals surface area (Å²) in [5.41, 5.74) is -1.41. The molecule has 0 radical (unpaired) electrons. The molecular formula is C19H32O3. The largest absolute Gasteiger partial charge is 0.459 e. The zero-order chi connectivity index (χ0) is 16.3. The Balaban J connectivity index is 1.82. The molecule has 1 N–H and O–H groups in total. The van der Waals surface area contributed by atoms with Gasteiger partial charge in [-0.2, -0.15) is 0 Å². The minimum atomic E-state index is -0.573. The fraction of sp³-hybridized carbons (Fsp3) is 0.947. The first-order valence-electron chi connectivity index (χ1n) is 9.04. The summed E-state index contributed by atoms with van der Waals surface area (Å²) in [5, 5.41) is 10.8. The van der Waals surface area contributed by atoms with E-state index in [0.29, 0.717) is 18.3 Å². The number of hydrogen-bond donors (Lipinski definition) is 1. The lowest BCUT2D eigenvalue weighted by Crippen LogP contribution is -2.61. The van der Waals surface area contributed by atoms with E-state index in [1.807, 2.05) is 6.92 Å². The van der Waals surface area contributed by atoms with Crippen LogP contribution in [0, 0.1) is 29.1 Å². The molecule has 4 aliphatic rings. The lowest BCUT2D eigenvalue weighted by Gasteiger charge is -2.59.